The Balaban J connectivity index is 1.41. The quantitative estimate of drug-likeness (QED) is 0.134. The molecule has 4 rings (SSSR count). The molecule has 5 heteroatoms. The van der Waals surface area contributed by atoms with E-state index in [0.717, 1.165) is 45.7 Å². The van der Waals surface area contributed by atoms with Crippen LogP contribution in [0.3, 0.4) is 0 Å². The van der Waals surface area contributed by atoms with E-state index in [0.29, 0.717) is 11.5 Å². The van der Waals surface area contributed by atoms with Crippen LogP contribution in [0.4, 0.5) is 0 Å². The van der Waals surface area contributed by atoms with Crippen LogP contribution in [0, 0.1) is 0 Å². The number of carbonyl (C=O) groups is 2. The van der Waals surface area contributed by atoms with Crippen molar-refractivity contribution in [1.29, 1.82) is 0 Å². The average molecular weight is 505 g/mol. The fourth-order valence-corrected chi connectivity index (χ4v) is 3.88. The Hall–Kier alpha value is -4.90. The van der Waals surface area contributed by atoms with Crippen LogP contribution in [0.5, 0.6) is 17.2 Å². The fourth-order valence-electron chi connectivity index (χ4n) is 3.88. The minimum Gasteiger partial charge on any atom is -0.483 e. The maximum Gasteiger partial charge on any atom is 0.335 e. The van der Waals surface area contributed by atoms with E-state index in [4.69, 9.17) is 14.2 Å². The molecule has 0 atom stereocenters. The number of hydrogen-bond donors (Lipinski definition) is 0. The van der Waals surface area contributed by atoms with Gasteiger partial charge in [0, 0.05) is 12.2 Å². The van der Waals surface area contributed by atoms with Gasteiger partial charge >= 0.3 is 11.9 Å². The third kappa shape index (κ3) is 6.45. The van der Waals surface area contributed by atoms with Crippen molar-refractivity contribution in [3.05, 3.63) is 128 Å². The largest absolute Gasteiger partial charge is 0.483 e. The summed E-state index contributed by atoms with van der Waals surface area (Å²) in [6, 6.07) is 30.7. The van der Waals surface area contributed by atoms with Crippen molar-refractivity contribution in [2.45, 2.75) is 19.4 Å². The molecule has 190 valence electrons. The molecule has 38 heavy (non-hydrogen) atoms. The van der Waals surface area contributed by atoms with Crippen molar-refractivity contribution >= 4 is 11.9 Å². The van der Waals surface area contributed by atoms with Gasteiger partial charge in [-0.25, -0.2) is 9.59 Å². The van der Waals surface area contributed by atoms with Gasteiger partial charge in [-0.2, -0.15) is 0 Å². The fraction of sp³-hybridized carbons (Fsp3) is 0.0909. The summed E-state index contributed by atoms with van der Waals surface area (Å²) in [6.45, 7) is 10.9. The summed E-state index contributed by atoms with van der Waals surface area (Å²) >= 11 is 0. The van der Waals surface area contributed by atoms with Crippen molar-refractivity contribution in [3.63, 3.8) is 0 Å². The first-order chi connectivity index (χ1) is 18.3. The van der Waals surface area contributed by atoms with E-state index in [1.807, 2.05) is 74.5 Å². The topological polar surface area (TPSA) is 61.8 Å². The first-order valence-corrected chi connectivity index (χ1v) is 12.1. The molecule has 0 bridgehead atoms. The number of esters is 2. The van der Waals surface area contributed by atoms with Gasteiger partial charge in [-0.1, -0.05) is 73.8 Å². The Morgan fingerprint density at radius 3 is 1.21 bits per heavy atom. The summed E-state index contributed by atoms with van der Waals surface area (Å²) in [4.78, 5) is 22.7. The van der Waals surface area contributed by atoms with Gasteiger partial charge in [0.05, 0.1) is 0 Å². The summed E-state index contributed by atoms with van der Waals surface area (Å²) in [5, 5.41) is 0. The second kappa shape index (κ2) is 11.4. The van der Waals surface area contributed by atoms with Gasteiger partial charge in [-0.05, 0) is 78.1 Å². The second-order valence-electron chi connectivity index (χ2n) is 9.01. The third-order valence-corrected chi connectivity index (χ3v) is 5.95. The van der Waals surface area contributed by atoms with Gasteiger partial charge < -0.3 is 14.2 Å². The van der Waals surface area contributed by atoms with Gasteiger partial charge in [0.25, 0.3) is 0 Å². The van der Waals surface area contributed by atoms with E-state index in [2.05, 4.69) is 25.3 Å². The van der Waals surface area contributed by atoms with Crippen LogP contribution in [0.15, 0.2) is 122 Å². The molecule has 4 aromatic carbocycles. The molecule has 0 N–H and O–H groups in total. The lowest BCUT2D eigenvalue weighted by atomic mass is 9.95. The number of hydrogen-bond acceptors (Lipinski definition) is 5. The summed E-state index contributed by atoms with van der Waals surface area (Å²) in [6.07, 6.45) is 2.27. The van der Waals surface area contributed by atoms with Crippen LogP contribution >= 0.6 is 0 Å². The minimum atomic E-state index is -0.556. The third-order valence-electron chi connectivity index (χ3n) is 5.95. The lowest BCUT2D eigenvalue weighted by Gasteiger charge is -2.27. The summed E-state index contributed by atoms with van der Waals surface area (Å²) in [7, 11) is 0. The van der Waals surface area contributed by atoms with Gasteiger partial charge in [0.2, 0.25) is 0 Å². The molecule has 0 aromatic heterocycles. The molecule has 0 heterocycles. The van der Waals surface area contributed by atoms with Gasteiger partial charge in [0.15, 0.2) is 0 Å². The van der Waals surface area contributed by atoms with E-state index in [1.54, 1.807) is 24.3 Å². The number of rotatable bonds is 9. The Kier molecular flexibility index (Phi) is 7.88. The molecule has 0 aliphatic heterocycles. The highest BCUT2D eigenvalue weighted by Crippen LogP contribution is 2.32. The van der Waals surface area contributed by atoms with Crippen LogP contribution in [0.25, 0.3) is 22.3 Å². The van der Waals surface area contributed by atoms with E-state index in [-0.39, 0.29) is 0 Å². The average Bonchev–Trinajstić information content (AvgIpc) is 2.94. The molecule has 0 radical (unpaired) electrons. The highest BCUT2D eigenvalue weighted by Gasteiger charge is 2.22. The smallest absolute Gasteiger partial charge is 0.335 e. The number of benzene rings is 4. The number of ether oxygens (including phenoxy) is 3. The van der Waals surface area contributed by atoms with Crippen molar-refractivity contribution < 1.29 is 23.8 Å². The zero-order valence-corrected chi connectivity index (χ0v) is 21.3. The molecule has 0 aliphatic rings. The van der Waals surface area contributed by atoms with Gasteiger partial charge in [-0.15, -0.1) is 0 Å². The van der Waals surface area contributed by atoms with Crippen molar-refractivity contribution in [2.24, 2.45) is 0 Å². The van der Waals surface area contributed by atoms with E-state index in [1.165, 1.54) is 0 Å². The van der Waals surface area contributed by atoms with Crippen LogP contribution in [0.2, 0.25) is 0 Å². The van der Waals surface area contributed by atoms with Crippen LogP contribution in [-0.4, -0.2) is 11.9 Å². The highest BCUT2D eigenvalue weighted by atomic mass is 16.5. The molecule has 0 saturated heterocycles. The maximum atomic E-state index is 11.4. The molecule has 0 aliphatic carbocycles. The van der Waals surface area contributed by atoms with E-state index >= 15 is 0 Å². The van der Waals surface area contributed by atoms with Crippen LogP contribution < -0.4 is 14.2 Å². The molecule has 0 fully saturated rings. The summed E-state index contributed by atoms with van der Waals surface area (Å²) < 4.78 is 16.6. The maximum absolute atomic E-state index is 11.4. The highest BCUT2D eigenvalue weighted by molar-refractivity contribution is 5.84. The second-order valence-corrected chi connectivity index (χ2v) is 9.01. The summed E-state index contributed by atoms with van der Waals surface area (Å²) in [5.41, 5.74) is 4.55. The van der Waals surface area contributed by atoms with Crippen LogP contribution in [-0.2, 0) is 15.2 Å². The summed E-state index contributed by atoms with van der Waals surface area (Å²) in [5.74, 6) is 0.726. The first-order valence-electron chi connectivity index (χ1n) is 12.1. The predicted molar refractivity (Wildman–Crippen MR) is 149 cm³/mol. The molecular weight excluding hydrogens is 476 g/mol. The lowest BCUT2D eigenvalue weighted by molar-refractivity contribution is -0.129. The Bertz CT molecular complexity index is 1430. The van der Waals surface area contributed by atoms with E-state index < -0.39 is 17.5 Å². The molecular formula is C33H28O5. The molecule has 0 spiro atoms. The predicted octanol–water partition coefficient (Wildman–Crippen LogP) is 7.52. The monoisotopic (exact) mass is 504 g/mol. The Morgan fingerprint density at radius 1 is 0.553 bits per heavy atom. The minimum absolute atomic E-state index is 0.470. The van der Waals surface area contributed by atoms with Crippen molar-refractivity contribution in [3.8, 4) is 39.5 Å². The van der Waals surface area contributed by atoms with Gasteiger partial charge in [-0.3, -0.25) is 0 Å². The molecule has 0 amide bonds. The van der Waals surface area contributed by atoms with Crippen molar-refractivity contribution in [1.82, 2.24) is 0 Å². The lowest BCUT2D eigenvalue weighted by Crippen LogP contribution is -2.25. The van der Waals surface area contributed by atoms with Crippen molar-refractivity contribution in [2.75, 3.05) is 0 Å². The van der Waals surface area contributed by atoms with Gasteiger partial charge in [0.1, 0.15) is 22.8 Å². The SMILES string of the molecule is C=CC(=O)Oc1ccc(-c2ccc(OC(C)(C)c3ccc(-c4ccc(OC(=O)C=C)cc4)cc3)cc2)cc1. The zero-order valence-electron chi connectivity index (χ0n) is 21.3. The normalized spacial score (nSPS) is 10.8. The molecule has 4 aromatic rings. The molecule has 5 nitrogen and oxygen atoms in total. The molecule has 0 unspecified atom stereocenters. The van der Waals surface area contributed by atoms with E-state index in [9.17, 15) is 9.59 Å². The standard InChI is InChI=1S/C33H28O5/c1-5-31(34)36-28-17-9-24(10-18-28)23-7-15-27(16-8-23)33(3,4)38-30-21-13-26(14-22-30)25-11-19-29(20-12-25)37-32(35)6-2/h5-22H,1-2H2,3-4H3. The van der Waals surface area contributed by atoms with Crippen LogP contribution in [0.1, 0.15) is 19.4 Å². The first kappa shape index (κ1) is 26.2. The zero-order chi connectivity index (χ0) is 27.1. The Labute approximate surface area is 222 Å². The molecule has 0 saturated carbocycles. The Morgan fingerprint density at radius 2 is 0.868 bits per heavy atom. The number of carbonyl (C=O) groups excluding carboxylic acids is 2.